The summed E-state index contributed by atoms with van der Waals surface area (Å²) in [6.07, 6.45) is 0. The average molecular weight is 247 g/mol. The number of hydrogen-bond acceptors (Lipinski definition) is 3. The molecule has 0 aliphatic carbocycles. The van der Waals surface area contributed by atoms with E-state index in [1.807, 2.05) is 19.1 Å². The molecule has 0 unspecified atom stereocenters. The first kappa shape index (κ1) is 11.6. The molecule has 86 valence electrons. The number of furan rings is 1. The van der Waals surface area contributed by atoms with Crippen LogP contribution in [0.2, 0.25) is 5.02 Å². The van der Waals surface area contributed by atoms with Gasteiger partial charge >= 0.3 is 0 Å². The van der Waals surface area contributed by atoms with Crippen molar-refractivity contribution in [3.8, 4) is 6.07 Å². The van der Waals surface area contributed by atoms with Crippen LogP contribution in [0.3, 0.4) is 0 Å². The highest BCUT2D eigenvalue weighted by Crippen LogP contribution is 2.21. The van der Waals surface area contributed by atoms with E-state index in [0.717, 1.165) is 11.5 Å². The van der Waals surface area contributed by atoms with E-state index in [1.54, 1.807) is 18.2 Å². The predicted molar refractivity (Wildman–Crippen MR) is 66.9 cm³/mol. The standard InChI is InChI=1S/C13H11ClN2O/c1-9-2-5-12(17-9)8-16-13-6-11(14)4-3-10(13)7-15/h2-6,16H,8H2,1H3. The minimum absolute atomic E-state index is 0.531. The molecule has 3 nitrogen and oxygen atoms in total. The van der Waals surface area contributed by atoms with Gasteiger partial charge in [-0.3, -0.25) is 0 Å². The quantitative estimate of drug-likeness (QED) is 0.898. The summed E-state index contributed by atoms with van der Waals surface area (Å²) in [6, 6.07) is 11.0. The number of nitrogens with zero attached hydrogens (tertiary/aromatic N) is 1. The predicted octanol–water partition coefficient (Wildman–Crippen LogP) is 3.73. The number of nitrogens with one attached hydrogen (secondary N) is 1. The summed E-state index contributed by atoms with van der Waals surface area (Å²) in [5.74, 6) is 1.69. The molecule has 0 radical (unpaired) electrons. The number of nitriles is 1. The Morgan fingerprint density at radius 3 is 2.82 bits per heavy atom. The van der Waals surface area contributed by atoms with Gasteiger partial charge in [0, 0.05) is 5.02 Å². The molecule has 0 bridgehead atoms. The lowest BCUT2D eigenvalue weighted by Crippen LogP contribution is -2.00. The highest BCUT2D eigenvalue weighted by molar-refractivity contribution is 6.30. The molecular weight excluding hydrogens is 236 g/mol. The van der Waals surface area contributed by atoms with Gasteiger partial charge < -0.3 is 9.73 Å². The molecule has 1 heterocycles. The Hall–Kier alpha value is -1.92. The van der Waals surface area contributed by atoms with Crippen LogP contribution in [-0.4, -0.2) is 0 Å². The first-order chi connectivity index (χ1) is 8.19. The molecule has 2 rings (SSSR count). The number of benzene rings is 1. The summed E-state index contributed by atoms with van der Waals surface area (Å²) in [5.41, 5.74) is 1.28. The van der Waals surface area contributed by atoms with Crippen molar-refractivity contribution in [2.24, 2.45) is 0 Å². The number of rotatable bonds is 3. The second-order valence-corrected chi connectivity index (χ2v) is 4.10. The fourth-order valence-corrected chi connectivity index (χ4v) is 1.69. The van der Waals surface area contributed by atoms with Crippen LogP contribution in [0.4, 0.5) is 5.69 Å². The maximum absolute atomic E-state index is 8.95. The number of aryl methyl sites for hydroxylation is 1. The van der Waals surface area contributed by atoms with Gasteiger partial charge in [-0.05, 0) is 37.3 Å². The van der Waals surface area contributed by atoms with E-state index < -0.39 is 0 Å². The third-order valence-corrected chi connectivity index (χ3v) is 2.59. The summed E-state index contributed by atoms with van der Waals surface area (Å²) in [7, 11) is 0. The van der Waals surface area contributed by atoms with E-state index in [0.29, 0.717) is 22.8 Å². The topological polar surface area (TPSA) is 49.0 Å². The van der Waals surface area contributed by atoms with Crippen molar-refractivity contribution in [3.05, 3.63) is 52.4 Å². The Bertz CT molecular complexity index is 569. The molecule has 0 spiro atoms. The Morgan fingerprint density at radius 1 is 1.35 bits per heavy atom. The number of anilines is 1. The summed E-state index contributed by atoms with van der Waals surface area (Å²) >= 11 is 5.89. The van der Waals surface area contributed by atoms with Gasteiger partial charge in [-0.2, -0.15) is 5.26 Å². The van der Waals surface area contributed by atoms with E-state index in [2.05, 4.69) is 11.4 Å². The number of halogens is 1. The zero-order chi connectivity index (χ0) is 12.3. The van der Waals surface area contributed by atoms with Crippen LogP contribution in [0.1, 0.15) is 17.1 Å². The van der Waals surface area contributed by atoms with Gasteiger partial charge in [0.05, 0.1) is 17.8 Å². The van der Waals surface area contributed by atoms with Crippen molar-refractivity contribution in [2.75, 3.05) is 5.32 Å². The fourth-order valence-electron chi connectivity index (χ4n) is 1.52. The molecule has 0 aliphatic rings. The van der Waals surface area contributed by atoms with Crippen LogP contribution in [0.15, 0.2) is 34.7 Å². The Morgan fingerprint density at radius 2 is 2.18 bits per heavy atom. The van der Waals surface area contributed by atoms with Gasteiger partial charge in [-0.25, -0.2) is 0 Å². The maximum Gasteiger partial charge on any atom is 0.123 e. The van der Waals surface area contributed by atoms with Crippen molar-refractivity contribution >= 4 is 17.3 Å². The molecule has 0 aliphatic heterocycles. The molecule has 17 heavy (non-hydrogen) atoms. The minimum Gasteiger partial charge on any atom is -0.465 e. The third kappa shape index (κ3) is 2.80. The largest absolute Gasteiger partial charge is 0.465 e. The molecule has 0 atom stereocenters. The zero-order valence-corrected chi connectivity index (χ0v) is 10.1. The second-order valence-electron chi connectivity index (χ2n) is 3.67. The third-order valence-electron chi connectivity index (χ3n) is 2.35. The fraction of sp³-hybridized carbons (Fsp3) is 0.154. The lowest BCUT2D eigenvalue weighted by atomic mass is 10.2. The summed E-state index contributed by atoms with van der Waals surface area (Å²) < 4.78 is 5.43. The van der Waals surface area contributed by atoms with E-state index in [9.17, 15) is 0 Å². The molecule has 1 N–H and O–H groups in total. The monoisotopic (exact) mass is 246 g/mol. The smallest absolute Gasteiger partial charge is 0.123 e. The van der Waals surface area contributed by atoms with Crippen molar-refractivity contribution in [1.29, 1.82) is 5.26 Å². The first-order valence-electron chi connectivity index (χ1n) is 5.18. The van der Waals surface area contributed by atoms with Crippen LogP contribution in [0, 0.1) is 18.3 Å². The van der Waals surface area contributed by atoms with Crippen molar-refractivity contribution < 1.29 is 4.42 Å². The Kier molecular flexibility index (Phi) is 3.36. The van der Waals surface area contributed by atoms with Gasteiger partial charge in [0.25, 0.3) is 0 Å². The van der Waals surface area contributed by atoms with Gasteiger partial charge in [0.1, 0.15) is 17.6 Å². The molecule has 0 saturated carbocycles. The molecular formula is C13H11ClN2O. The minimum atomic E-state index is 0.531. The molecule has 2 aromatic rings. The molecule has 1 aromatic carbocycles. The summed E-state index contributed by atoms with van der Waals surface area (Å²) in [6.45, 7) is 2.42. The number of hydrogen-bond donors (Lipinski definition) is 1. The summed E-state index contributed by atoms with van der Waals surface area (Å²) in [4.78, 5) is 0. The van der Waals surface area contributed by atoms with Crippen LogP contribution in [0.5, 0.6) is 0 Å². The Labute approximate surface area is 105 Å². The van der Waals surface area contributed by atoms with Gasteiger partial charge in [-0.15, -0.1) is 0 Å². The van der Waals surface area contributed by atoms with Crippen LogP contribution in [-0.2, 0) is 6.54 Å². The van der Waals surface area contributed by atoms with Crippen molar-refractivity contribution in [3.63, 3.8) is 0 Å². The first-order valence-corrected chi connectivity index (χ1v) is 5.55. The van der Waals surface area contributed by atoms with Crippen LogP contribution < -0.4 is 5.32 Å². The highest BCUT2D eigenvalue weighted by Gasteiger charge is 2.04. The van der Waals surface area contributed by atoms with Gasteiger partial charge in [-0.1, -0.05) is 11.6 Å². The zero-order valence-electron chi connectivity index (χ0n) is 9.33. The SMILES string of the molecule is Cc1ccc(CNc2cc(Cl)ccc2C#N)o1. The molecule has 0 fully saturated rings. The van der Waals surface area contributed by atoms with Crippen molar-refractivity contribution in [1.82, 2.24) is 0 Å². The molecule has 1 aromatic heterocycles. The van der Waals surface area contributed by atoms with E-state index in [4.69, 9.17) is 21.3 Å². The van der Waals surface area contributed by atoms with E-state index in [-0.39, 0.29) is 0 Å². The molecule has 0 amide bonds. The highest BCUT2D eigenvalue weighted by atomic mass is 35.5. The lowest BCUT2D eigenvalue weighted by molar-refractivity contribution is 0.490. The van der Waals surface area contributed by atoms with E-state index >= 15 is 0 Å². The maximum atomic E-state index is 8.95. The lowest BCUT2D eigenvalue weighted by Gasteiger charge is -2.06. The van der Waals surface area contributed by atoms with Gasteiger partial charge in [0.15, 0.2) is 0 Å². The van der Waals surface area contributed by atoms with Crippen molar-refractivity contribution in [2.45, 2.75) is 13.5 Å². The normalized spacial score (nSPS) is 9.94. The van der Waals surface area contributed by atoms with Gasteiger partial charge in [0.2, 0.25) is 0 Å². The van der Waals surface area contributed by atoms with E-state index in [1.165, 1.54) is 0 Å². The molecule has 0 saturated heterocycles. The second kappa shape index (κ2) is 4.94. The van der Waals surface area contributed by atoms with Crippen LogP contribution >= 0.6 is 11.6 Å². The summed E-state index contributed by atoms with van der Waals surface area (Å²) in [5, 5.41) is 12.7. The average Bonchev–Trinajstić information content (AvgIpc) is 2.73. The molecule has 4 heteroatoms. The Balaban J connectivity index is 2.13. The van der Waals surface area contributed by atoms with Crippen LogP contribution in [0.25, 0.3) is 0 Å².